The first-order chi connectivity index (χ1) is 10.9. The zero-order valence-electron chi connectivity index (χ0n) is 11.9. The van der Waals surface area contributed by atoms with Crippen LogP contribution in [0.5, 0.6) is 5.75 Å². The molecule has 1 aromatic heterocycles. The number of phenols is 1. The molecule has 0 aliphatic carbocycles. The largest absolute Gasteiger partial charge is 0.508 e. The second-order valence-electron chi connectivity index (χ2n) is 4.64. The van der Waals surface area contributed by atoms with Crippen LogP contribution in [0.25, 0.3) is 0 Å². The van der Waals surface area contributed by atoms with E-state index in [1.165, 1.54) is 24.3 Å². The number of aliphatic hydroxyl groups is 1. The molecule has 2 aromatic rings. The minimum Gasteiger partial charge on any atom is -0.508 e. The van der Waals surface area contributed by atoms with Crippen LogP contribution in [0.4, 0.5) is 30.6 Å². The molecule has 1 aromatic carbocycles. The Morgan fingerprint density at radius 2 is 1.78 bits per heavy atom. The quantitative estimate of drug-likeness (QED) is 0.481. The van der Waals surface area contributed by atoms with Crippen LogP contribution in [0.15, 0.2) is 30.3 Å². The number of aromatic hydroxyl groups is 1. The van der Waals surface area contributed by atoms with E-state index in [-0.39, 0.29) is 30.7 Å². The highest BCUT2D eigenvalue weighted by Gasteiger charge is 2.33. The fraction of sp³-hybridized carbons (Fsp3) is 0.286. The summed E-state index contributed by atoms with van der Waals surface area (Å²) in [6.07, 6.45) is -4.25. The smallest absolute Gasteiger partial charge is 0.433 e. The van der Waals surface area contributed by atoms with E-state index < -0.39 is 11.9 Å². The standard InChI is InChI=1S/C14H15F3N4O2/c15-14(16,17)11-8-12(19-9-2-4-10(23)5-3-9)21-13(20-11)18-6-1-7-22/h2-5,8,22-23H,1,6-7H2,(H2,18,19,20,21). The van der Waals surface area contributed by atoms with Crippen LogP contribution in [0.1, 0.15) is 12.1 Å². The van der Waals surface area contributed by atoms with Gasteiger partial charge in [0.25, 0.3) is 0 Å². The molecule has 0 fully saturated rings. The summed E-state index contributed by atoms with van der Waals surface area (Å²) in [5.74, 6) is -0.181. The van der Waals surface area contributed by atoms with Gasteiger partial charge in [0.05, 0.1) is 0 Å². The SMILES string of the molecule is OCCCNc1nc(Nc2ccc(O)cc2)cc(C(F)(F)F)n1. The third-order valence-electron chi connectivity index (χ3n) is 2.77. The fourth-order valence-corrected chi connectivity index (χ4v) is 1.71. The van der Waals surface area contributed by atoms with Gasteiger partial charge in [-0.05, 0) is 30.7 Å². The van der Waals surface area contributed by atoms with Crippen LogP contribution in [-0.2, 0) is 6.18 Å². The number of anilines is 3. The van der Waals surface area contributed by atoms with Crippen LogP contribution in [-0.4, -0.2) is 33.3 Å². The summed E-state index contributed by atoms with van der Waals surface area (Å²) < 4.78 is 38.7. The second kappa shape index (κ2) is 7.14. The molecule has 124 valence electrons. The first-order valence-electron chi connectivity index (χ1n) is 6.75. The Morgan fingerprint density at radius 3 is 2.39 bits per heavy atom. The van der Waals surface area contributed by atoms with Crippen LogP contribution >= 0.6 is 0 Å². The van der Waals surface area contributed by atoms with Crippen molar-refractivity contribution in [1.29, 1.82) is 0 Å². The minimum atomic E-state index is -4.61. The van der Waals surface area contributed by atoms with Crippen molar-refractivity contribution in [3.63, 3.8) is 0 Å². The minimum absolute atomic E-state index is 0.0375. The first-order valence-corrected chi connectivity index (χ1v) is 6.75. The second-order valence-corrected chi connectivity index (χ2v) is 4.64. The maximum absolute atomic E-state index is 12.9. The Morgan fingerprint density at radius 1 is 1.09 bits per heavy atom. The van der Waals surface area contributed by atoms with E-state index in [9.17, 15) is 18.3 Å². The van der Waals surface area contributed by atoms with Gasteiger partial charge < -0.3 is 20.8 Å². The lowest BCUT2D eigenvalue weighted by molar-refractivity contribution is -0.141. The Labute approximate surface area is 130 Å². The van der Waals surface area contributed by atoms with Crippen molar-refractivity contribution < 1.29 is 23.4 Å². The molecule has 0 atom stereocenters. The maximum atomic E-state index is 12.9. The highest BCUT2D eigenvalue weighted by molar-refractivity contribution is 5.58. The monoisotopic (exact) mass is 328 g/mol. The summed E-state index contributed by atoms with van der Waals surface area (Å²) in [5, 5.41) is 23.3. The molecule has 0 unspecified atom stereocenters. The lowest BCUT2D eigenvalue weighted by atomic mass is 10.3. The van der Waals surface area contributed by atoms with Crippen LogP contribution in [0.2, 0.25) is 0 Å². The predicted molar refractivity (Wildman–Crippen MR) is 78.6 cm³/mol. The average molecular weight is 328 g/mol. The summed E-state index contributed by atoms with van der Waals surface area (Å²) in [4.78, 5) is 7.38. The molecule has 2 rings (SSSR count). The number of halogens is 3. The van der Waals surface area contributed by atoms with Gasteiger partial charge in [-0.3, -0.25) is 0 Å². The topological polar surface area (TPSA) is 90.3 Å². The van der Waals surface area contributed by atoms with Crippen molar-refractivity contribution in [3.05, 3.63) is 36.0 Å². The number of benzene rings is 1. The van der Waals surface area contributed by atoms with Crippen molar-refractivity contribution in [1.82, 2.24) is 9.97 Å². The molecule has 0 bridgehead atoms. The number of alkyl halides is 3. The molecule has 0 radical (unpaired) electrons. The number of aliphatic hydroxyl groups excluding tert-OH is 1. The number of rotatable bonds is 6. The zero-order chi connectivity index (χ0) is 16.9. The molecule has 0 saturated heterocycles. The molecule has 9 heteroatoms. The molecule has 1 heterocycles. The number of nitrogens with zero attached hydrogens (tertiary/aromatic N) is 2. The Hall–Kier alpha value is -2.55. The third-order valence-corrected chi connectivity index (χ3v) is 2.77. The van der Waals surface area contributed by atoms with E-state index in [0.29, 0.717) is 12.1 Å². The summed E-state index contributed by atoms with van der Waals surface area (Å²) in [7, 11) is 0. The Balaban J connectivity index is 2.25. The van der Waals surface area contributed by atoms with E-state index in [4.69, 9.17) is 5.11 Å². The highest BCUT2D eigenvalue weighted by atomic mass is 19.4. The number of hydrogen-bond donors (Lipinski definition) is 4. The van der Waals surface area contributed by atoms with Crippen molar-refractivity contribution in [2.45, 2.75) is 12.6 Å². The lowest BCUT2D eigenvalue weighted by Crippen LogP contribution is -2.14. The number of phenolic OH excluding ortho intramolecular Hbond substituents is 1. The van der Waals surface area contributed by atoms with Gasteiger partial charge >= 0.3 is 6.18 Å². The molecule has 4 N–H and O–H groups in total. The molecule has 0 saturated carbocycles. The van der Waals surface area contributed by atoms with Crippen molar-refractivity contribution >= 4 is 17.5 Å². The number of nitrogens with one attached hydrogen (secondary N) is 2. The fourth-order valence-electron chi connectivity index (χ4n) is 1.71. The number of hydrogen-bond acceptors (Lipinski definition) is 6. The van der Waals surface area contributed by atoms with Crippen molar-refractivity contribution in [2.24, 2.45) is 0 Å². The molecule has 0 aliphatic rings. The Bertz CT molecular complexity index is 647. The van der Waals surface area contributed by atoms with Gasteiger partial charge in [0.15, 0.2) is 5.69 Å². The van der Waals surface area contributed by atoms with Crippen LogP contribution in [0, 0.1) is 0 Å². The van der Waals surface area contributed by atoms with E-state index in [1.54, 1.807) is 0 Å². The molecule has 0 spiro atoms. The molecule has 6 nitrogen and oxygen atoms in total. The van der Waals surface area contributed by atoms with Crippen LogP contribution in [0.3, 0.4) is 0 Å². The molecular formula is C14H15F3N4O2. The van der Waals surface area contributed by atoms with E-state index in [1.807, 2.05) is 0 Å². The normalized spacial score (nSPS) is 11.3. The Kier molecular flexibility index (Phi) is 5.22. The predicted octanol–water partition coefficient (Wildman–Crippen LogP) is 2.74. The molecule has 23 heavy (non-hydrogen) atoms. The van der Waals surface area contributed by atoms with Gasteiger partial charge in [0, 0.05) is 24.9 Å². The van der Waals surface area contributed by atoms with Gasteiger partial charge in [0.1, 0.15) is 11.6 Å². The van der Waals surface area contributed by atoms with Crippen molar-refractivity contribution in [2.75, 3.05) is 23.8 Å². The maximum Gasteiger partial charge on any atom is 0.433 e. The molecular weight excluding hydrogens is 313 g/mol. The summed E-state index contributed by atoms with van der Waals surface area (Å²) in [5.41, 5.74) is -0.615. The summed E-state index contributed by atoms with van der Waals surface area (Å²) >= 11 is 0. The first kappa shape index (κ1) is 16.8. The van der Waals surface area contributed by atoms with Crippen molar-refractivity contribution in [3.8, 4) is 5.75 Å². The van der Waals surface area contributed by atoms with E-state index >= 15 is 0 Å². The lowest BCUT2D eigenvalue weighted by Gasteiger charge is -2.12. The van der Waals surface area contributed by atoms with Gasteiger partial charge in [0.2, 0.25) is 5.95 Å². The van der Waals surface area contributed by atoms with E-state index in [2.05, 4.69) is 20.6 Å². The van der Waals surface area contributed by atoms with Crippen LogP contribution < -0.4 is 10.6 Å². The van der Waals surface area contributed by atoms with E-state index in [0.717, 1.165) is 6.07 Å². The third kappa shape index (κ3) is 4.99. The van der Waals surface area contributed by atoms with Gasteiger partial charge in [-0.1, -0.05) is 0 Å². The average Bonchev–Trinajstić information content (AvgIpc) is 2.49. The molecule has 0 aliphatic heterocycles. The van der Waals surface area contributed by atoms with Gasteiger partial charge in [-0.2, -0.15) is 18.2 Å². The highest BCUT2D eigenvalue weighted by Crippen LogP contribution is 2.30. The molecule has 0 amide bonds. The number of aromatic nitrogens is 2. The summed E-state index contributed by atoms with van der Waals surface area (Å²) in [6, 6.07) is 6.60. The van der Waals surface area contributed by atoms with Gasteiger partial charge in [-0.25, -0.2) is 4.98 Å². The van der Waals surface area contributed by atoms with Gasteiger partial charge in [-0.15, -0.1) is 0 Å². The zero-order valence-corrected chi connectivity index (χ0v) is 11.9. The summed E-state index contributed by atoms with van der Waals surface area (Å²) in [6.45, 7) is 0.154.